The first kappa shape index (κ1) is 31.3. The van der Waals surface area contributed by atoms with Crippen LogP contribution in [0.25, 0.3) is 75.6 Å². The van der Waals surface area contributed by atoms with Crippen LogP contribution < -0.4 is 4.90 Å². The number of para-hydroxylation sites is 1. The van der Waals surface area contributed by atoms with Crippen molar-refractivity contribution in [3.8, 4) is 16.8 Å². The zero-order chi connectivity index (χ0) is 35.5. The zero-order valence-electron chi connectivity index (χ0n) is 29.6. The summed E-state index contributed by atoms with van der Waals surface area (Å²) < 4.78 is 5.08. The van der Waals surface area contributed by atoms with Gasteiger partial charge in [-0.25, -0.2) is 0 Å². The maximum Gasteiger partial charge on any atom is 0.0547 e. The summed E-state index contributed by atoms with van der Waals surface area (Å²) >= 11 is 1.88. The van der Waals surface area contributed by atoms with Crippen molar-refractivity contribution in [2.75, 3.05) is 4.90 Å². The summed E-state index contributed by atoms with van der Waals surface area (Å²) in [4.78, 5) is 2.40. The summed E-state index contributed by atoms with van der Waals surface area (Å²) in [5.74, 6) is 0. The summed E-state index contributed by atoms with van der Waals surface area (Å²) in [6, 6.07) is 62.4. The van der Waals surface area contributed by atoms with E-state index in [0.717, 1.165) is 22.7 Å². The van der Waals surface area contributed by atoms with Gasteiger partial charge in [0.2, 0.25) is 0 Å². The fourth-order valence-electron chi connectivity index (χ4n) is 8.05. The second kappa shape index (κ2) is 12.7. The summed E-state index contributed by atoms with van der Waals surface area (Å²) in [5, 5.41) is 7.70. The van der Waals surface area contributed by atoms with Gasteiger partial charge < -0.3 is 9.47 Å². The molecule has 0 aliphatic rings. The van der Waals surface area contributed by atoms with Crippen LogP contribution in [0.4, 0.5) is 17.1 Å². The van der Waals surface area contributed by atoms with Gasteiger partial charge in [-0.15, -0.1) is 11.3 Å². The molecule has 3 heteroatoms. The van der Waals surface area contributed by atoms with Crippen LogP contribution in [0.1, 0.15) is 18.1 Å². The summed E-state index contributed by atoms with van der Waals surface area (Å²) in [7, 11) is 0. The maximum atomic E-state index is 2.45. The Morgan fingerprint density at radius 1 is 0.509 bits per heavy atom. The summed E-state index contributed by atoms with van der Waals surface area (Å²) in [5.41, 5.74) is 11.8. The highest BCUT2D eigenvalue weighted by Gasteiger charge is 2.20. The zero-order valence-corrected chi connectivity index (χ0v) is 30.4. The maximum absolute atomic E-state index is 2.45. The fourth-order valence-corrected chi connectivity index (χ4v) is 9.17. The number of hydrogen-bond acceptors (Lipinski definition) is 2. The monoisotopic (exact) mass is 696 g/mol. The molecule has 2 aromatic heterocycles. The average Bonchev–Trinajstić information content (AvgIpc) is 3.75. The lowest BCUT2D eigenvalue weighted by molar-refractivity contribution is 1.18. The lowest BCUT2D eigenvalue weighted by atomic mass is 10.0. The second-order valence-electron chi connectivity index (χ2n) is 13.8. The first-order valence-electron chi connectivity index (χ1n) is 18.2. The van der Waals surface area contributed by atoms with E-state index in [2.05, 4.69) is 205 Å². The first-order valence-corrected chi connectivity index (χ1v) is 19.0. The largest absolute Gasteiger partial charge is 0.310 e. The molecular formula is C50H36N2S. The number of aryl methyl sites for hydroxylation is 1. The summed E-state index contributed by atoms with van der Waals surface area (Å²) in [6.07, 6.45) is 4.32. The molecule has 0 atom stereocenters. The van der Waals surface area contributed by atoms with Gasteiger partial charge in [0.1, 0.15) is 0 Å². The van der Waals surface area contributed by atoms with Gasteiger partial charge in [-0.3, -0.25) is 0 Å². The SMILES string of the molecule is C/C=C\c1cc(N(c2ccc(-c3ccccc3)cc2)c2ccc3c(c2)c2cc4c(ccc5sc6ccccc6c54)cc2n3-c2ccccc2)ccc1C. The molecule has 10 rings (SSSR count). The predicted octanol–water partition coefficient (Wildman–Crippen LogP) is 14.8. The molecule has 2 nitrogen and oxygen atoms in total. The molecule has 0 unspecified atom stereocenters. The average molecular weight is 697 g/mol. The molecule has 0 fully saturated rings. The molecule has 0 saturated carbocycles. The van der Waals surface area contributed by atoms with Gasteiger partial charge in [0, 0.05) is 53.7 Å². The summed E-state index contributed by atoms with van der Waals surface area (Å²) in [6.45, 7) is 4.26. The highest BCUT2D eigenvalue weighted by Crippen LogP contribution is 2.44. The van der Waals surface area contributed by atoms with Crippen molar-refractivity contribution >= 4 is 87.2 Å². The molecule has 0 spiro atoms. The molecule has 0 aliphatic heterocycles. The minimum Gasteiger partial charge on any atom is -0.310 e. The molecule has 0 saturated heterocycles. The van der Waals surface area contributed by atoms with Crippen molar-refractivity contribution in [3.63, 3.8) is 0 Å². The normalized spacial score (nSPS) is 11.9. The third kappa shape index (κ3) is 5.24. The molecule has 2 heterocycles. The highest BCUT2D eigenvalue weighted by molar-refractivity contribution is 7.26. The number of allylic oxidation sites excluding steroid dienone is 1. The van der Waals surface area contributed by atoms with Gasteiger partial charge in [-0.2, -0.15) is 0 Å². The molecule has 8 aromatic carbocycles. The van der Waals surface area contributed by atoms with Crippen LogP contribution in [0.5, 0.6) is 0 Å². The molecule has 10 aromatic rings. The van der Waals surface area contributed by atoms with Gasteiger partial charge in [-0.05, 0) is 126 Å². The number of hydrogen-bond donors (Lipinski definition) is 0. The van der Waals surface area contributed by atoms with E-state index in [1.807, 2.05) is 11.3 Å². The van der Waals surface area contributed by atoms with E-state index in [0.29, 0.717) is 0 Å². The molecule has 0 N–H and O–H groups in total. The third-order valence-corrected chi connectivity index (χ3v) is 11.7. The number of anilines is 3. The predicted molar refractivity (Wildman–Crippen MR) is 231 cm³/mol. The molecule has 0 bridgehead atoms. The van der Waals surface area contributed by atoms with E-state index in [-0.39, 0.29) is 0 Å². The van der Waals surface area contributed by atoms with Crippen molar-refractivity contribution in [3.05, 3.63) is 187 Å². The van der Waals surface area contributed by atoms with Crippen LogP contribution >= 0.6 is 11.3 Å². The molecule has 0 amide bonds. The Balaban J connectivity index is 1.24. The quantitative estimate of drug-likeness (QED) is 0.168. The molecule has 53 heavy (non-hydrogen) atoms. The van der Waals surface area contributed by atoms with Gasteiger partial charge >= 0.3 is 0 Å². The van der Waals surface area contributed by atoms with Crippen LogP contribution in [0, 0.1) is 6.92 Å². The number of thiophene rings is 1. The number of nitrogens with zero attached hydrogens (tertiary/aromatic N) is 2. The molecule has 0 radical (unpaired) electrons. The Hall–Kier alpha value is -6.42. The smallest absolute Gasteiger partial charge is 0.0547 e. The van der Waals surface area contributed by atoms with Crippen molar-refractivity contribution in [2.24, 2.45) is 0 Å². The van der Waals surface area contributed by atoms with Crippen molar-refractivity contribution in [2.45, 2.75) is 13.8 Å². The Morgan fingerprint density at radius 3 is 2.00 bits per heavy atom. The Bertz CT molecular complexity index is 3000. The van der Waals surface area contributed by atoms with E-state index < -0.39 is 0 Å². The van der Waals surface area contributed by atoms with Crippen molar-refractivity contribution in [1.82, 2.24) is 4.57 Å². The van der Waals surface area contributed by atoms with Crippen LogP contribution in [0.15, 0.2) is 176 Å². The van der Waals surface area contributed by atoms with E-state index in [4.69, 9.17) is 0 Å². The van der Waals surface area contributed by atoms with E-state index >= 15 is 0 Å². The molecular weight excluding hydrogens is 661 g/mol. The minimum atomic E-state index is 1.11. The van der Waals surface area contributed by atoms with Crippen LogP contribution in [0.2, 0.25) is 0 Å². The number of aromatic nitrogens is 1. The minimum absolute atomic E-state index is 1.11. The Labute approximate surface area is 313 Å². The topological polar surface area (TPSA) is 8.17 Å². The van der Waals surface area contributed by atoms with Crippen molar-refractivity contribution in [1.29, 1.82) is 0 Å². The lowest BCUT2D eigenvalue weighted by Gasteiger charge is -2.26. The number of benzene rings is 8. The fraction of sp³-hybridized carbons (Fsp3) is 0.0400. The van der Waals surface area contributed by atoms with Crippen LogP contribution in [-0.4, -0.2) is 4.57 Å². The lowest BCUT2D eigenvalue weighted by Crippen LogP contribution is -2.10. The van der Waals surface area contributed by atoms with E-state index in [1.165, 1.54) is 75.0 Å². The first-order chi connectivity index (χ1) is 26.1. The third-order valence-electron chi connectivity index (χ3n) is 10.6. The van der Waals surface area contributed by atoms with Gasteiger partial charge in [0.25, 0.3) is 0 Å². The van der Waals surface area contributed by atoms with E-state index in [9.17, 15) is 0 Å². The standard InChI is InChI=1S/C50H36N2S/c1-3-12-36-29-40(23-19-33(36)2)51(39-24-20-35(21-25-39)34-13-6-4-7-14-34)41-26-27-46-44(31-41)45-32-43-37(30-47(45)52(46)38-15-8-5-9-16-38)22-28-49-50(43)42-17-10-11-18-48(42)53-49/h3-32H,1-2H3/b12-3-. The Kier molecular flexibility index (Phi) is 7.48. The van der Waals surface area contributed by atoms with Crippen LogP contribution in [0.3, 0.4) is 0 Å². The molecule has 0 aliphatic carbocycles. The van der Waals surface area contributed by atoms with Gasteiger partial charge in [0.05, 0.1) is 11.0 Å². The van der Waals surface area contributed by atoms with Crippen LogP contribution in [-0.2, 0) is 0 Å². The highest BCUT2D eigenvalue weighted by atomic mass is 32.1. The second-order valence-corrected chi connectivity index (χ2v) is 14.9. The van der Waals surface area contributed by atoms with Gasteiger partial charge in [-0.1, -0.05) is 103 Å². The van der Waals surface area contributed by atoms with E-state index in [1.54, 1.807) is 0 Å². The Morgan fingerprint density at radius 2 is 1.19 bits per heavy atom. The number of fused-ring (bicyclic) bond motifs is 8. The number of rotatable bonds is 6. The molecule has 252 valence electrons. The van der Waals surface area contributed by atoms with Gasteiger partial charge in [0.15, 0.2) is 0 Å². The van der Waals surface area contributed by atoms with Crippen molar-refractivity contribution < 1.29 is 0 Å².